The van der Waals surface area contributed by atoms with Crippen molar-refractivity contribution < 1.29 is 22.3 Å². The van der Waals surface area contributed by atoms with Crippen molar-refractivity contribution >= 4 is 15.9 Å². The van der Waals surface area contributed by atoms with Crippen LogP contribution in [0.4, 0.5) is 4.39 Å². The van der Waals surface area contributed by atoms with E-state index in [1.165, 1.54) is 22.6 Å². The number of hydrogen-bond donors (Lipinski definition) is 2. The molecule has 0 aliphatic carbocycles. The van der Waals surface area contributed by atoms with Crippen molar-refractivity contribution in [3.8, 4) is 5.88 Å². The molecule has 10 heteroatoms. The minimum Gasteiger partial charge on any atom is -0.473 e. The summed E-state index contributed by atoms with van der Waals surface area (Å²) in [4.78, 5) is 15.9. The number of halogens is 1. The van der Waals surface area contributed by atoms with Gasteiger partial charge >= 0.3 is 0 Å². The summed E-state index contributed by atoms with van der Waals surface area (Å²) in [7, 11) is -3.69. The van der Waals surface area contributed by atoms with Gasteiger partial charge in [0, 0.05) is 43.7 Å². The summed E-state index contributed by atoms with van der Waals surface area (Å²) in [5, 5.41) is 2.77. The maximum absolute atomic E-state index is 12.7. The van der Waals surface area contributed by atoms with Gasteiger partial charge in [-0.15, -0.1) is 0 Å². The average Bonchev–Trinajstić information content (AvgIpc) is 2.69. The van der Waals surface area contributed by atoms with Crippen molar-refractivity contribution in [2.75, 3.05) is 32.8 Å². The third-order valence-corrected chi connectivity index (χ3v) is 6.23. The predicted octanol–water partition coefficient (Wildman–Crippen LogP) is 0.809. The molecular formula is C17H25FN4O4S. The van der Waals surface area contributed by atoms with Gasteiger partial charge in [-0.05, 0) is 25.8 Å². The summed E-state index contributed by atoms with van der Waals surface area (Å²) in [5.41, 5.74) is 5.60. The molecule has 0 saturated carbocycles. The molecule has 1 aliphatic rings. The van der Waals surface area contributed by atoms with Crippen LogP contribution in [0.1, 0.15) is 19.8 Å². The smallest absolute Gasteiger partial charge is 0.244 e. The summed E-state index contributed by atoms with van der Waals surface area (Å²) in [6.45, 7) is 2.94. The summed E-state index contributed by atoms with van der Waals surface area (Å²) in [6.07, 6.45) is 2.55. The molecule has 8 nitrogen and oxygen atoms in total. The monoisotopic (exact) mass is 400 g/mol. The molecule has 1 amide bonds. The van der Waals surface area contributed by atoms with Gasteiger partial charge in [0.05, 0.1) is 12.5 Å². The molecule has 0 atom stereocenters. The van der Waals surface area contributed by atoms with Crippen molar-refractivity contribution in [3.63, 3.8) is 0 Å². The Labute approximate surface area is 158 Å². The number of amides is 1. The van der Waals surface area contributed by atoms with Gasteiger partial charge in [-0.1, -0.05) is 0 Å². The predicted molar refractivity (Wildman–Crippen MR) is 98.1 cm³/mol. The number of nitrogens with zero attached hydrogens (tertiary/aromatic N) is 2. The second-order valence-corrected chi connectivity index (χ2v) is 8.10. The van der Waals surface area contributed by atoms with Crippen LogP contribution in [-0.2, 0) is 14.8 Å². The number of sulfonamides is 1. The van der Waals surface area contributed by atoms with E-state index in [0.717, 1.165) is 0 Å². The number of rotatable bonds is 8. The maximum Gasteiger partial charge on any atom is 0.244 e. The van der Waals surface area contributed by atoms with Gasteiger partial charge in [0.2, 0.25) is 21.8 Å². The number of aromatic nitrogens is 1. The minimum absolute atomic E-state index is 0.0230. The molecule has 1 saturated heterocycles. The zero-order valence-corrected chi connectivity index (χ0v) is 16.0. The van der Waals surface area contributed by atoms with Crippen LogP contribution >= 0.6 is 0 Å². The summed E-state index contributed by atoms with van der Waals surface area (Å²) < 4.78 is 44.5. The van der Waals surface area contributed by atoms with Crippen molar-refractivity contribution in [3.05, 3.63) is 30.2 Å². The molecule has 150 valence electrons. The molecule has 0 radical (unpaired) electrons. The van der Waals surface area contributed by atoms with Crippen molar-refractivity contribution in [1.82, 2.24) is 14.6 Å². The Morgan fingerprint density at radius 2 is 2.15 bits per heavy atom. The van der Waals surface area contributed by atoms with Gasteiger partial charge in [-0.3, -0.25) is 4.79 Å². The molecule has 2 heterocycles. The Bertz CT molecular complexity index is 760. The number of piperidine rings is 1. The molecule has 0 bridgehead atoms. The van der Waals surface area contributed by atoms with Crippen LogP contribution in [-0.4, -0.2) is 56.4 Å². The van der Waals surface area contributed by atoms with E-state index in [0.29, 0.717) is 25.7 Å². The number of hydrogen-bond acceptors (Lipinski definition) is 6. The van der Waals surface area contributed by atoms with Crippen LogP contribution in [0.3, 0.4) is 0 Å². The van der Waals surface area contributed by atoms with Gasteiger partial charge in [0.25, 0.3) is 0 Å². The molecule has 2 rings (SSSR count). The highest BCUT2D eigenvalue weighted by Crippen LogP contribution is 2.24. The van der Waals surface area contributed by atoms with E-state index in [9.17, 15) is 17.6 Å². The molecule has 0 unspecified atom stereocenters. The molecule has 1 fully saturated rings. The van der Waals surface area contributed by atoms with Crippen LogP contribution in [0.25, 0.3) is 0 Å². The molecule has 1 aromatic heterocycles. The lowest BCUT2D eigenvalue weighted by Gasteiger charge is -2.30. The summed E-state index contributed by atoms with van der Waals surface area (Å²) in [5.74, 6) is -0.0146. The van der Waals surface area contributed by atoms with Gasteiger partial charge in [-0.25, -0.2) is 17.8 Å². The maximum atomic E-state index is 12.7. The fourth-order valence-electron chi connectivity index (χ4n) is 2.73. The Kier molecular flexibility index (Phi) is 7.69. The third-order valence-electron chi connectivity index (χ3n) is 4.34. The lowest BCUT2D eigenvalue weighted by molar-refractivity contribution is -0.126. The first-order valence-corrected chi connectivity index (χ1v) is 10.2. The van der Waals surface area contributed by atoms with Gasteiger partial charge in [-0.2, -0.15) is 4.31 Å². The fraction of sp³-hybridized carbons (Fsp3) is 0.529. The number of nitrogens with one attached hydrogen (secondary N) is 1. The fourth-order valence-corrected chi connectivity index (χ4v) is 4.15. The van der Waals surface area contributed by atoms with E-state index in [1.807, 2.05) is 6.92 Å². The summed E-state index contributed by atoms with van der Waals surface area (Å²) in [6, 6.07) is 2.82. The number of carbonyl (C=O) groups is 1. The molecular weight excluding hydrogens is 375 g/mol. The first-order valence-electron chi connectivity index (χ1n) is 8.77. The number of carbonyl (C=O) groups excluding carboxylic acids is 1. The standard InChI is InChI=1S/C17H25FN4O4S/c1-2-20-17(23)14-5-7-22(8-6-14)27(24,25)15-3-4-16(21-11-15)26-12-13(9-18)10-19/h3-4,9,11,14H,2,5-8,10,12,19H2,1H3,(H,20,23)/b13-9-. The molecule has 3 N–H and O–H groups in total. The van der Waals surface area contributed by atoms with Crippen LogP contribution in [0.2, 0.25) is 0 Å². The number of nitrogens with two attached hydrogens (primary N) is 1. The normalized spacial score (nSPS) is 16.9. The first-order chi connectivity index (χ1) is 12.9. The number of pyridine rings is 1. The highest BCUT2D eigenvalue weighted by Gasteiger charge is 2.32. The van der Waals surface area contributed by atoms with Crippen LogP contribution in [0, 0.1) is 5.92 Å². The van der Waals surface area contributed by atoms with E-state index >= 15 is 0 Å². The zero-order chi connectivity index (χ0) is 19.9. The Morgan fingerprint density at radius 3 is 2.67 bits per heavy atom. The lowest BCUT2D eigenvalue weighted by Crippen LogP contribution is -2.42. The van der Waals surface area contributed by atoms with Crippen LogP contribution in [0.5, 0.6) is 5.88 Å². The van der Waals surface area contributed by atoms with E-state index in [2.05, 4.69) is 10.3 Å². The van der Waals surface area contributed by atoms with E-state index in [1.54, 1.807) is 0 Å². The minimum atomic E-state index is -3.69. The largest absolute Gasteiger partial charge is 0.473 e. The second-order valence-electron chi connectivity index (χ2n) is 6.17. The second kappa shape index (κ2) is 9.77. The first kappa shape index (κ1) is 21.3. The van der Waals surface area contributed by atoms with Crippen LogP contribution < -0.4 is 15.8 Å². The molecule has 0 aromatic carbocycles. The van der Waals surface area contributed by atoms with E-state index in [4.69, 9.17) is 10.5 Å². The van der Waals surface area contributed by atoms with E-state index < -0.39 is 10.0 Å². The average molecular weight is 400 g/mol. The zero-order valence-electron chi connectivity index (χ0n) is 15.2. The van der Waals surface area contributed by atoms with Crippen molar-refractivity contribution in [2.24, 2.45) is 11.7 Å². The molecule has 1 aliphatic heterocycles. The Balaban J connectivity index is 1.98. The van der Waals surface area contributed by atoms with Crippen molar-refractivity contribution in [2.45, 2.75) is 24.7 Å². The van der Waals surface area contributed by atoms with Gasteiger partial charge < -0.3 is 15.8 Å². The van der Waals surface area contributed by atoms with E-state index in [-0.39, 0.29) is 54.4 Å². The highest BCUT2D eigenvalue weighted by atomic mass is 32.2. The number of ether oxygens (including phenoxy) is 1. The SMILES string of the molecule is CCNC(=O)C1CCN(S(=O)(=O)c2ccc(OC/C(=C\F)CN)nc2)CC1. The van der Waals surface area contributed by atoms with Crippen molar-refractivity contribution in [1.29, 1.82) is 0 Å². The van der Waals surface area contributed by atoms with Gasteiger partial charge in [0.15, 0.2) is 0 Å². The molecule has 27 heavy (non-hydrogen) atoms. The highest BCUT2D eigenvalue weighted by molar-refractivity contribution is 7.89. The van der Waals surface area contributed by atoms with Gasteiger partial charge in [0.1, 0.15) is 11.5 Å². The molecule has 1 aromatic rings. The topological polar surface area (TPSA) is 115 Å². The molecule has 0 spiro atoms. The Morgan fingerprint density at radius 1 is 1.44 bits per heavy atom. The third kappa shape index (κ3) is 5.47. The van der Waals surface area contributed by atoms with Crippen LogP contribution in [0.15, 0.2) is 35.1 Å². The quantitative estimate of drug-likeness (QED) is 0.667. The summed E-state index contributed by atoms with van der Waals surface area (Å²) >= 11 is 0. The lowest BCUT2D eigenvalue weighted by atomic mass is 9.97. The Hall–Kier alpha value is -2.04.